The van der Waals surface area contributed by atoms with Gasteiger partial charge >= 0.3 is 0 Å². The molecule has 0 saturated carbocycles. The monoisotopic (exact) mass is 176 g/mol. The molecule has 0 fully saturated rings. The van der Waals surface area contributed by atoms with Crippen LogP contribution >= 0.6 is 11.6 Å². The number of hydrogen-bond acceptors (Lipinski definition) is 2. The molecule has 64 valence electrons. The fourth-order valence-electron chi connectivity index (χ4n) is 0.525. The summed E-state index contributed by atoms with van der Waals surface area (Å²) < 4.78 is 0. The van der Waals surface area contributed by atoms with E-state index in [1.165, 1.54) is 0 Å². The second-order valence-electron chi connectivity index (χ2n) is 2.45. The number of hydrogen-bond donors (Lipinski definition) is 2. The van der Waals surface area contributed by atoms with E-state index in [1.54, 1.807) is 6.92 Å². The third kappa shape index (κ3) is 5.88. The summed E-state index contributed by atoms with van der Waals surface area (Å²) in [5, 5.41) is 3.46. The topological polar surface area (TPSA) is 55.1 Å². The Morgan fingerprint density at radius 1 is 1.82 bits per heavy atom. The summed E-state index contributed by atoms with van der Waals surface area (Å²) in [5.74, 6) is -0.469. The van der Waals surface area contributed by atoms with Crippen LogP contribution in [0.25, 0.3) is 0 Å². The summed E-state index contributed by atoms with van der Waals surface area (Å²) in [5.41, 5.74) is 5.02. The van der Waals surface area contributed by atoms with E-state index in [9.17, 15) is 4.79 Å². The molecule has 0 radical (unpaired) electrons. The molecular weight excluding hydrogens is 164 g/mol. The van der Waals surface area contributed by atoms with Gasteiger partial charge in [-0.05, 0) is 0 Å². The molecule has 0 bridgehead atoms. The lowest BCUT2D eigenvalue weighted by Crippen LogP contribution is -2.31. The molecule has 3 N–H and O–H groups in total. The van der Waals surface area contributed by atoms with Crippen LogP contribution in [0.15, 0.2) is 11.6 Å². The van der Waals surface area contributed by atoms with Gasteiger partial charge in [-0.2, -0.15) is 0 Å². The minimum Gasteiger partial charge on any atom is -0.369 e. The predicted molar refractivity (Wildman–Crippen MR) is 46.2 cm³/mol. The van der Waals surface area contributed by atoms with Crippen LogP contribution in [0.4, 0.5) is 0 Å². The minimum atomic E-state index is -0.308. The van der Waals surface area contributed by atoms with Crippen molar-refractivity contribution in [1.82, 2.24) is 5.32 Å². The van der Waals surface area contributed by atoms with E-state index < -0.39 is 0 Å². The van der Waals surface area contributed by atoms with Crippen LogP contribution in [0.5, 0.6) is 0 Å². The first-order chi connectivity index (χ1) is 5.04. The first-order valence-corrected chi connectivity index (χ1v) is 3.75. The van der Waals surface area contributed by atoms with Crippen molar-refractivity contribution in [2.24, 2.45) is 11.7 Å². The summed E-state index contributed by atoms with van der Waals surface area (Å²) in [6, 6.07) is 0. The van der Waals surface area contributed by atoms with Crippen LogP contribution in [-0.4, -0.2) is 19.0 Å². The van der Waals surface area contributed by atoms with Gasteiger partial charge in [-0.25, -0.2) is 0 Å². The third-order valence-electron chi connectivity index (χ3n) is 1.25. The molecule has 0 aromatic rings. The second kappa shape index (κ2) is 5.16. The number of amides is 1. The lowest BCUT2D eigenvalue weighted by Gasteiger charge is -2.07. The number of halogens is 1. The van der Waals surface area contributed by atoms with Crippen molar-refractivity contribution in [1.29, 1.82) is 0 Å². The zero-order chi connectivity index (χ0) is 8.85. The highest BCUT2D eigenvalue weighted by molar-refractivity contribution is 6.29. The number of nitrogens with two attached hydrogens (primary N) is 1. The Bertz CT molecular complexity index is 159. The highest BCUT2D eigenvalue weighted by Crippen LogP contribution is 1.94. The van der Waals surface area contributed by atoms with E-state index >= 15 is 0 Å². The molecule has 11 heavy (non-hydrogen) atoms. The van der Waals surface area contributed by atoms with Crippen LogP contribution in [0, 0.1) is 5.92 Å². The minimum absolute atomic E-state index is 0.161. The normalized spacial score (nSPS) is 12.5. The van der Waals surface area contributed by atoms with Crippen molar-refractivity contribution >= 4 is 17.5 Å². The van der Waals surface area contributed by atoms with E-state index in [2.05, 4.69) is 11.9 Å². The Morgan fingerprint density at radius 2 is 2.36 bits per heavy atom. The molecule has 0 spiro atoms. The van der Waals surface area contributed by atoms with Crippen LogP contribution < -0.4 is 11.1 Å². The molecule has 0 aliphatic rings. The maximum Gasteiger partial charge on any atom is 0.221 e. The number of carbonyl (C=O) groups is 1. The Kier molecular flexibility index (Phi) is 4.90. The predicted octanol–water partition coefficient (Wildman–Crippen LogP) is 0.450. The molecule has 4 heteroatoms. The molecule has 3 nitrogen and oxygen atoms in total. The number of rotatable bonds is 5. The fraction of sp³-hybridized carbons (Fsp3) is 0.571. The smallest absolute Gasteiger partial charge is 0.221 e. The van der Waals surface area contributed by atoms with Gasteiger partial charge in [0.2, 0.25) is 5.91 Å². The van der Waals surface area contributed by atoms with Gasteiger partial charge in [-0.3, -0.25) is 4.79 Å². The van der Waals surface area contributed by atoms with Crippen molar-refractivity contribution in [2.75, 3.05) is 13.1 Å². The van der Waals surface area contributed by atoms with Gasteiger partial charge in [0.05, 0.1) is 0 Å². The summed E-state index contributed by atoms with van der Waals surface area (Å²) in [6.07, 6.45) is 0. The van der Waals surface area contributed by atoms with Crippen molar-refractivity contribution in [3.63, 3.8) is 0 Å². The van der Waals surface area contributed by atoms with Gasteiger partial charge in [0.25, 0.3) is 0 Å². The molecule has 0 aromatic heterocycles. The molecule has 0 aliphatic heterocycles. The lowest BCUT2D eigenvalue weighted by atomic mass is 10.2. The zero-order valence-electron chi connectivity index (χ0n) is 6.56. The molecule has 0 aromatic carbocycles. The summed E-state index contributed by atoms with van der Waals surface area (Å²) in [7, 11) is 0. The van der Waals surface area contributed by atoms with Crippen molar-refractivity contribution in [2.45, 2.75) is 6.92 Å². The Labute approximate surface area is 71.6 Å². The fourth-order valence-corrected chi connectivity index (χ4v) is 0.619. The van der Waals surface area contributed by atoms with Gasteiger partial charge in [0.1, 0.15) is 0 Å². The second-order valence-corrected chi connectivity index (χ2v) is 2.99. The summed E-state index contributed by atoms with van der Waals surface area (Å²) in [4.78, 5) is 10.5. The van der Waals surface area contributed by atoms with E-state index in [-0.39, 0.29) is 11.8 Å². The van der Waals surface area contributed by atoms with Crippen LogP contribution in [0.3, 0.4) is 0 Å². The van der Waals surface area contributed by atoms with Gasteiger partial charge in [0.15, 0.2) is 0 Å². The molecule has 0 heterocycles. The van der Waals surface area contributed by atoms with E-state index in [4.69, 9.17) is 17.3 Å². The third-order valence-corrected chi connectivity index (χ3v) is 1.39. The average molecular weight is 177 g/mol. The number of primary amides is 1. The van der Waals surface area contributed by atoms with Gasteiger partial charge in [-0.15, -0.1) is 0 Å². The van der Waals surface area contributed by atoms with Gasteiger partial charge in [0, 0.05) is 24.0 Å². The van der Waals surface area contributed by atoms with Crippen LogP contribution in [0.1, 0.15) is 6.92 Å². The lowest BCUT2D eigenvalue weighted by molar-refractivity contribution is -0.121. The summed E-state index contributed by atoms with van der Waals surface area (Å²) in [6.45, 7) is 6.30. The molecular formula is C7H13ClN2O. The van der Waals surface area contributed by atoms with Gasteiger partial charge < -0.3 is 11.1 Å². The van der Waals surface area contributed by atoms with Gasteiger partial charge in [-0.1, -0.05) is 25.1 Å². The quantitative estimate of drug-likeness (QED) is 0.639. The number of carbonyl (C=O) groups excluding carboxylic acids is 1. The molecule has 0 rings (SSSR count). The van der Waals surface area contributed by atoms with Crippen molar-refractivity contribution in [3.8, 4) is 0 Å². The zero-order valence-corrected chi connectivity index (χ0v) is 7.32. The van der Waals surface area contributed by atoms with Crippen molar-refractivity contribution in [3.05, 3.63) is 11.6 Å². The Balaban J connectivity index is 3.39. The molecule has 0 aliphatic carbocycles. The first-order valence-electron chi connectivity index (χ1n) is 3.37. The first kappa shape index (κ1) is 10.5. The standard InChI is InChI=1S/C7H13ClN2O/c1-5(7(9)11)3-10-4-6(2)8/h5,10H,2-4H2,1H3,(H2,9,11). The Morgan fingerprint density at radius 3 is 2.73 bits per heavy atom. The molecule has 0 saturated heterocycles. The van der Waals surface area contributed by atoms with Crippen molar-refractivity contribution < 1.29 is 4.79 Å². The molecule has 1 unspecified atom stereocenters. The average Bonchev–Trinajstić information content (AvgIpc) is 1.86. The van der Waals surface area contributed by atoms with E-state index in [1.807, 2.05) is 0 Å². The molecule has 1 amide bonds. The van der Waals surface area contributed by atoms with Crippen LogP contribution in [0.2, 0.25) is 0 Å². The highest BCUT2D eigenvalue weighted by atomic mass is 35.5. The van der Waals surface area contributed by atoms with Crippen LogP contribution in [-0.2, 0) is 4.79 Å². The maximum absolute atomic E-state index is 10.5. The largest absolute Gasteiger partial charge is 0.369 e. The summed E-state index contributed by atoms with van der Waals surface area (Å²) >= 11 is 5.47. The SMILES string of the molecule is C=C(Cl)CNCC(C)C(N)=O. The maximum atomic E-state index is 10.5. The van der Waals surface area contributed by atoms with E-state index in [0.29, 0.717) is 18.1 Å². The molecule has 1 atom stereocenters. The van der Waals surface area contributed by atoms with E-state index in [0.717, 1.165) is 0 Å². The highest BCUT2D eigenvalue weighted by Gasteiger charge is 2.06. The number of nitrogens with one attached hydrogen (secondary N) is 1. The Hall–Kier alpha value is -0.540.